The van der Waals surface area contributed by atoms with Gasteiger partial charge in [0, 0.05) is 26.9 Å². The third kappa shape index (κ3) is 6.31. The van der Waals surface area contributed by atoms with Crippen molar-refractivity contribution in [2.75, 3.05) is 11.9 Å². The van der Waals surface area contributed by atoms with Crippen LogP contribution in [0, 0.1) is 6.92 Å². The van der Waals surface area contributed by atoms with Gasteiger partial charge in [0.15, 0.2) is 6.61 Å². The van der Waals surface area contributed by atoms with E-state index in [4.69, 9.17) is 27.9 Å². The third-order valence-electron chi connectivity index (χ3n) is 4.30. The minimum absolute atomic E-state index is 0.229. The first-order valence-corrected chi connectivity index (χ1v) is 10.1. The van der Waals surface area contributed by atoms with Gasteiger partial charge in [-0.1, -0.05) is 47.5 Å². The molecule has 3 aromatic rings. The van der Waals surface area contributed by atoms with Crippen molar-refractivity contribution in [3.05, 3.63) is 93.5 Å². The zero-order valence-corrected chi connectivity index (χ0v) is 18.1. The Balaban J connectivity index is 1.50. The smallest absolute Gasteiger partial charge is 0.277 e. The van der Waals surface area contributed by atoms with E-state index in [1.165, 1.54) is 6.21 Å². The van der Waals surface area contributed by atoms with Crippen molar-refractivity contribution in [1.82, 2.24) is 5.43 Å². The lowest BCUT2D eigenvalue weighted by molar-refractivity contribution is -0.123. The first-order valence-electron chi connectivity index (χ1n) is 9.30. The maximum Gasteiger partial charge on any atom is 0.277 e. The second-order valence-corrected chi connectivity index (χ2v) is 7.31. The molecule has 0 saturated heterocycles. The molecule has 0 radical (unpaired) electrons. The van der Waals surface area contributed by atoms with Gasteiger partial charge in [0.2, 0.25) is 0 Å². The van der Waals surface area contributed by atoms with Crippen molar-refractivity contribution in [1.29, 1.82) is 0 Å². The summed E-state index contributed by atoms with van der Waals surface area (Å²) in [7, 11) is 0. The minimum Gasteiger partial charge on any atom is -0.484 e. The molecule has 0 heterocycles. The molecule has 0 aromatic heterocycles. The number of hydrazone groups is 1. The van der Waals surface area contributed by atoms with E-state index in [1.807, 2.05) is 13.0 Å². The Morgan fingerprint density at radius 1 is 0.968 bits per heavy atom. The maximum absolute atomic E-state index is 12.4. The second-order valence-electron chi connectivity index (χ2n) is 6.49. The standard InChI is InChI=1S/C23H19Cl2N3O3/c1-15-19(24)7-4-8-21(15)27-23(30)16-9-11-18(12-10-16)31-14-22(29)28-26-13-17-5-2-3-6-20(17)25/h2-13H,14H2,1H3,(H,27,30)(H,28,29)/b26-13+. The molecule has 2 amide bonds. The van der Waals surface area contributed by atoms with Crippen LogP contribution in [0.4, 0.5) is 5.69 Å². The molecule has 0 bridgehead atoms. The number of carbonyl (C=O) groups is 2. The van der Waals surface area contributed by atoms with Crippen molar-refractivity contribution in [2.45, 2.75) is 6.92 Å². The van der Waals surface area contributed by atoms with Gasteiger partial charge in [0.25, 0.3) is 11.8 Å². The largest absolute Gasteiger partial charge is 0.484 e. The lowest BCUT2D eigenvalue weighted by atomic mass is 10.1. The van der Waals surface area contributed by atoms with Gasteiger partial charge in [-0.2, -0.15) is 5.10 Å². The molecular formula is C23H19Cl2N3O3. The fraction of sp³-hybridized carbons (Fsp3) is 0.0870. The van der Waals surface area contributed by atoms with Crippen molar-refractivity contribution in [2.24, 2.45) is 5.10 Å². The van der Waals surface area contributed by atoms with Crippen LogP contribution in [-0.2, 0) is 4.79 Å². The number of amides is 2. The summed E-state index contributed by atoms with van der Waals surface area (Å²) in [6.07, 6.45) is 1.45. The summed E-state index contributed by atoms with van der Waals surface area (Å²) in [5.41, 5.74) is 4.94. The molecule has 0 saturated carbocycles. The van der Waals surface area contributed by atoms with E-state index in [0.717, 1.165) is 5.56 Å². The molecular weight excluding hydrogens is 437 g/mol. The predicted octanol–water partition coefficient (Wildman–Crippen LogP) is 5.08. The highest BCUT2D eigenvalue weighted by Gasteiger charge is 2.10. The Morgan fingerprint density at radius 2 is 1.68 bits per heavy atom. The average Bonchev–Trinajstić information content (AvgIpc) is 2.77. The summed E-state index contributed by atoms with van der Waals surface area (Å²) in [5, 5.41) is 7.79. The van der Waals surface area contributed by atoms with Gasteiger partial charge in [0.1, 0.15) is 5.75 Å². The molecule has 3 rings (SSSR count). The van der Waals surface area contributed by atoms with Gasteiger partial charge in [-0.05, 0) is 55.0 Å². The summed E-state index contributed by atoms with van der Waals surface area (Å²) in [6, 6.07) is 18.9. The van der Waals surface area contributed by atoms with E-state index in [-0.39, 0.29) is 12.5 Å². The summed E-state index contributed by atoms with van der Waals surface area (Å²) < 4.78 is 5.42. The molecule has 6 nitrogen and oxygen atoms in total. The Morgan fingerprint density at radius 3 is 2.42 bits per heavy atom. The Labute approximate surface area is 189 Å². The van der Waals surface area contributed by atoms with Gasteiger partial charge in [0.05, 0.1) is 6.21 Å². The molecule has 3 aromatic carbocycles. The SMILES string of the molecule is Cc1c(Cl)cccc1NC(=O)c1ccc(OCC(=O)N/N=C/c2ccccc2Cl)cc1. The average molecular weight is 456 g/mol. The van der Waals surface area contributed by atoms with E-state index in [1.54, 1.807) is 60.7 Å². The van der Waals surface area contributed by atoms with Crippen LogP contribution in [0.3, 0.4) is 0 Å². The summed E-state index contributed by atoms with van der Waals surface area (Å²) in [4.78, 5) is 24.3. The molecule has 0 spiro atoms. The van der Waals surface area contributed by atoms with E-state index in [2.05, 4.69) is 15.8 Å². The van der Waals surface area contributed by atoms with Crippen molar-refractivity contribution < 1.29 is 14.3 Å². The van der Waals surface area contributed by atoms with Gasteiger partial charge < -0.3 is 10.1 Å². The Kier molecular flexibility index (Phi) is 7.65. The quantitative estimate of drug-likeness (QED) is 0.384. The fourth-order valence-electron chi connectivity index (χ4n) is 2.57. The topological polar surface area (TPSA) is 79.8 Å². The Hall–Kier alpha value is -3.35. The van der Waals surface area contributed by atoms with Crippen LogP contribution in [0.15, 0.2) is 71.8 Å². The van der Waals surface area contributed by atoms with E-state index < -0.39 is 5.91 Å². The number of anilines is 1. The van der Waals surface area contributed by atoms with Gasteiger partial charge in [-0.25, -0.2) is 5.43 Å². The highest BCUT2D eigenvalue weighted by Crippen LogP contribution is 2.23. The summed E-state index contributed by atoms with van der Waals surface area (Å²) in [5.74, 6) is -0.258. The van der Waals surface area contributed by atoms with Gasteiger partial charge >= 0.3 is 0 Å². The van der Waals surface area contributed by atoms with Crippen LogP contribution < -0.4 is 15.5 Å². The monoisotopic (exact) mass is 455 g/mol. The zero-order valence-electron chi connectivity index (χ0n) is 16.6. The number of carbonyl (C=O) groups excluding carboxylic acids is 2. The second kappa shape index (κ2) is 10.6. The molecule has 8 heteroatoms. The van der Waals surface area contributed by atoms with E-state index >= 15 is 0 Å². The fourth-order valence-corrected chi connectivity index (χ4v) is 2.93. The predicted molar refractivity (Wildman–Crippen MR) is 123 cm³/mol. The number of hydrogen-bond acceptors (Lipinski definition) is 4. The molecule has 158 valence electrons. The lowest BCUT2D eigenvalue weighted by Gasteiger charge is -2.10. The Bertz CT molecular complexity index is 1120. The molecule has 0 aliphatic carbocycles. The summed E-state index contributed by atoms with van der Waals surface area (Å²) >= 11 is 12.1. The minimum atomic E-state index is -0.429. The van der Waals surface area contributed by atoms with E-state index in [9.17, 15) is 9.59 Å². The molecule has 31 heavy (non-hydrogen) atoms. The summed E-state index contributed by atoms with van der Waals surface area (Å²) in [6.45, 7) is 1.60. The van der Waals surface area contributed by atoms with Crippen LogP contribution in [-0.4, -0.2) is 24.6 Å². The van der Waals surface area contributed by atoms with Crippen LogP contribution in [0.1, 0.15) is 21.5 Å². The highest BCUT2D eigenvalue weighted by atomic mass is 35.5. The van der Waals surface area contributed by atoms with Crippen LogP contribution in [0.5, 0.6) is 5.75 Å². The molecule has 0 fully saturated rings. The number of benzene rings is 3. The first kappa shape index (κ1) is 22.3. The van der Waals surface area contributed by atoms with Crippen LogP contribution in [0.2, 0.25) is 10.0 Å². The molecule has 0 aliphatic heterocycles. The highest BCUT2D eigenvalue weighted by molar-refractivity contribution is 6.33. The number of nitrogens with one attached hydrogen (secondary N) is 2. The molecule has 2 N–H and O–H groups in total. The van der Waals surface area contributed by atoms with E-state index in [0.29, 0.717) is 32.6 Å². The number of halogens is 2. The molecule has 0 unspecified atom stereocenters. The van der Waals surface area contributed by atoms with Crippen LogP contribution in [0.25, 0.3) is 0 Å². The first-order chi connectivity index (χ1) is 14.9. The maximum atomic E-state index is 12.4. The number of ether oxygens (including phenoxy) is 1. The lowest BCUT2D eigenvalue weighted by Crippen LogP contribution is -2.24. The number of hydrogen-bond donors (Lipinski definition) is 2. The third-order valence-corrected chi connectivity index (χ3v) is 5.05. The van der Waals surface area contributed by atoms with Gasteiger partial charge in [-0.15, -0.1) is 0 Å². The molecule has 0 aliphatic rings. The number of rotatable bonds is 7. The van der Waals surface area contributed by atoms with Crippen molar-refractivity contribution in [3.63, 3.8) is 0 Å². The normalized spacial score (nSPS) is 10.7. The van der Waals surface area contributed by atoms with Gasteiger partial charge in [-0.3, -0.25) is 9.59 Å². The molecule has 0 atom stereocenters. The zero-order chi connectivity index (χ0) is 22.2. The van der Waals surface area contributed by atoms with Crippen LogP contribution >= 0.6 is 23.2 Å². The van der Waals surface area contributed by atoms with Crippen molar-refractivity contribution in [3.8, 4) is 5.75 Å². The van der Waals surface area contributed by atoms with Crippen molar-refractivity contribution >= 4 is 46.9 Å². The number of nitrogens with zero attached hydrogens (tertiary/aromatic N) is 1.